The van der Waals surface area contributed by atoms with Crippen LogP contribution in [0.2, 0.25) is 0 Å². The fourth-order valence-corrected chi connectivity index (χ4v) is 6.81. The van der Waals surface area contributed by atoms with E-state index in [0.717, 1.165) is 30.6 Å². The Balaban J connectivity index is 1.34. The number of hydrogen-bond donors (Lipinski definition) is 2. The molecule has 0 spiro atoms. The zero-order valence-corrected chi connectivity index (χ0v) is 19.3. The first-order valence-corrected chi connectivity index (χ1v) is 13.1. The molecular weight excluding hydrogens is 450 g/mol. The number of sulfonamides is 1. The van der Waals surface area contributed by atoms with E-state index < -0.39 is 16.1 Å². The third kappa shape index (κ3) is 5.37. The van der Waals surface area contributed by atoms with E-state index in [9.17, 15) is 18.0 Å². The summed E-state index contributed by atoms with van der Waals surface area (Å²) in [4.78, 5) is 25.6. The van der Waals surface area contributed by atoms with E-state index >= 15 is 0 Å². The van der Waals surface area contributed by atoms with Gasteiger partial charge in [-0.05, 0) is 56.0 Å². The number of nitrogens with zero attached hydrogens (tertiary/aromatic N) is 1. The lowest BCUT2D eigenvalue weighted by Crippen LogP contribution is -2.35. The Kier molecular flexibility index (Phi) is 7.24. The maximum Gasteiger partial charge on any atom is 0.253 e. The standard InChI is InChI=1S/C22H27N3O5S2/c26-21(16-6-4-7-17(14-16)24-22(27)19-8-5-13-30-19)23-15-18-9-10-20(31-18)32(28,29)25-11-2-1-3-12-25/h4,6-7,9-10,14,19H,1-3,5,8,11-13,15H2,(H,23,26)(H,24,27). The summed E-state index contributed by atoms with van der Waals surface area (Å²) in [7, 11) is -3.47. The highest BCUT2D eigenvalue weighted by Gasteiger charge is 2.27. The second-order valence-electron chi connectivity index (χ2n) is 7.94. The highest BCUT2D eigenvalue weighted by atomic mass is 32.2. The van der Waals surface area contributed by atoms with Crippen LogP contribution in [0.25, 0.3) is 0 Å². The maximum atomic E-state index is 12.8. The molecule has 32 heavy (non-hydrogen) atoms. The van der Waals surface area contributed by atoms with E-state index in [-0.39, 0.29) is 18.4 Å². The molecular formula is C22H27N3O5S2. The number of rotatable bonds is 7. The smallest absolute Gasteiger partial charge is 0.253 e. The largest absolute Gasteiger partial charge is 0.368 e. The monoisotopic (exact) mass is 477 g/mol. The molecule has 1 aromatic carbocycles. The van der Waals surface area contributed by atoms with Gasteiger partial charge in [-0.15, -0.1) is 11.3 Å². The molecule has 3 heterocycles. The molecule has 1 aromatic heterocycles. The Morgan fingerprint density at radius 3 is 2.66 bits per heavy atom. The molecule has 8 nitrogen and oxygen atoms in total. The average Bonchev–Trinajstić information content (AvgIpc) is 3.51. The van der Waals surface area contributed by atoms with Crippen LogP contribution in [0.3, 0.4) is 0 Å². The highest BCUT2D eigenvalue weighted by molar-refractivity contribution is 7.91. The van der Waals surface area contributed by atoms with Crippen LogP contribution in [0.15, 0.2) is 40.6 Å². The lowest BCUT2D eigenvalue weighted by molar-refractivity contribution is -0.124. The second-order valence-corrected chi connectivity index (χ2v) is 11.3. The van der Waals surface area contributed by atoms with E-state index in [0.29, 0.717) is 41.6 Å². The van der Waals surface area contributed by atoms with Crippen LogP contribution >= 0.6 is 11.3 Å². The van der Waals surface area contributed by atoms with Crippen molar-refractivity contribution >= 4 is 38.9 Å². The normalized spacial score (nSPS) is 19.6. The fraction of sp³-hybridized carbons (Fsp3) is 0.455. The van der Waals surface area contributed by atoms with Gasteiger partial charge in [0.25, 0.3) is 21.8 Å². The number of anilines is 1. The van der Waals surface area contributed by atoms with Crippen molar-refractivity contribution in [2.45, 2.75) is 49.0 Å². The molecule has 2 N–H and O–H groups in total. The third-order valence-electron chi connectivity index (χ3n) is 5.58. The van der Waals surface area contributed by atoms with E-state index in [4.69, 9.17) is 4.74 Å². The molecule has 2 amide bonds. The Morgan fingerprint density at radius 2 is 1.91 bits per heavy atom. The summed E-state index contributed by atoms with van der Waals surface area (Å²) in [6.07, 6.45) is 3.96. The summed E-state index contributed by atoms with van der Waals surface area (Å²) < 4.78 is 32.8. The molecule has 172 valence electrons. The number of hydrogen-bond acceptors (Lipinski definition) is 6. The summed E-state index contributed by atoms with van der Waals surface area (Å²) in [6, 6.07) is 10.0. The SMILES string of the molecule is O=C(NCc1ccc(S(=O)(=O)N2CCCCC2)s1)c1cccc(NC(=O)C2CCCO2)c1. The lowest BCUT2D eigenvalue weighted by Gasteiger charge is -2.25. The summed E-state index contributed by atoms with van der Waals surface area (Å²) >= 11 is 1.18. The van der Waals surface area contributed by atoms with E-state index in [1.165, 1.54) is 11.3 Å². The first kappa shape index (κ1) is 22.9. The van der Waals surface area contributed by atoms with Gasteiger partial charge >= 0.3 is 0 Å². The minimum atomic E-state index is -3.47. The topological polar surface area (TPSA) is 105 Å². The third-order valence-corrected chi connectivity index (χ3v) is 9.04. The van der Waals surface area contributed by atoms with Gasteiger partial charge in [0.1, 0.15) is 10.3 Å². The molecule has 2 saturated heterocycles. The molecule has 2 aromatic rings. The second kappa shape index (κ2) is 10.1. The molecule has 2 aliphatic heterocycles. The van der Waals surface area contributed by atoms with Gasteiger partial charge in [0.15, 0.2) is 0 Å². The summed E-state index contributed by atoms with van der Waals surface area (Å²) in [5, 5.41) is 5.61. The van der Waals surface area contributed by atoms with E-state index in [1.807, 2.05) is 0 Å². The summed E-state index contributed by atoms with van der Waals surface area (Å²) in [6.45, 7) is 1.94. The number of thiophene rings is 1. The van der Waals surface area contributed by atoms with Gasteiger partial charge in [0.05, 0.1) is 6.54 Å². The molecule has 1 atom stereocenters. The Hall–Kier alpha value is -2.27. The number of carbonyl (C=O) groups is 2. The molecule has 0 radical (unpaired) electrons. The molecule has 4 rings (SSSR count). The molecule has 0 aliphatic carbocycles. The van der Waals surface area contributed by atoms with Gasteiger partial charge in [0.2, 0.25) is 0 Å². The van der Waals surface area contributed by atoms with E-state index in [1.54, 1.807) is 40.7 Å². The zero-order chi connectivity index (χ0) is 22.6. The van der Waals surface area contributed by atoms with Crippen molar-refractivity contribution in [1.82, 2.24) is 9.62 Å². The predicted octanol–water partition coefficient (Wildman–Crippen LogP) is 2.97. The quantitative estimate of drug-likeness (QED) is 0.638. The van der Waals surface area contributed by atoms with E-state index in [2.05, 4.69) is 10.6 Å². The average molecular weight is 478 g/mol. The lowest BCUT2D eigenvalue weighted by atomic mass is 10.1. The van der Waals surface area contributed by atoms with Crippen molar-refractivity contribution in [2.75, 3.05) is 25.0 Å². The highest BCUT2D eigenvalue weighted by Crippen LogP contribution is 2.27. The van der Waals surface area contributed by atoms with Crippen molar-refractivity contribution in [2.24, 2.45) is 0 Å². The van der Waals surface area contributed by atoms with Gasteiger partial charge in [-0.2, -0.15) is 4.31 Å². The number of piperidine rings is 1. The van der Waals surface area contributed by atoms with Crippen LogP contribution in [-0.4, -0.2) is 50.3 Å². The molecule has 0 bridgehead atoms. The van der Waals surface area contributed by atoms with Crippen LogP contribution in [0.1, 0.15) is 47.3 Å². The number of ether oxygens (including phenoxy) is 1. The minimum Gasteiger partial charge on any atom is -0.368 e. The summed E-state index contributed by atoms with van der Waals surface area (Å²) in [5.41, 5.74) is 0.942. The molecule has 0 saturated carbocycles. The molecule has 10 heteroatoms. The van der Waals surface area contributed by atoms with Gasteiger partial charge in [-0.25, -0.2) is 8.42 Å². The first-order chi connectivity index (χ1) is 15.4. The van der Waals surface area contributed by atoms with Crippen molar-refractivity contribution in [1.29, 1.82) is 0 Å². The molecule has 2 fully saturated rings. The zero-order valence-electron chi connectivity index (χ0n) is 17.7. The fourth-order valence-electron chi connectivity index (χ4n) is 3.84. The van der Waals surface area contributed by atoms with Crippen molar-refractivity contribution in [3.63, 3.8) is 0 Å². The molecule has 2 aliphatic rings. The van der Waals surface area contributed by atoms with Crippen LogP contribution in [0.5, 0.6) is 0 Å². The Labute approximate surface area is 192 Å². The van der Waals surface area contributed by atoms with Gasteiger partial charge in [-0.3, -0.25) is 9.59 Å². The Morgan fingerprint density at radius 1 is 1.09 bits per heavy atom. The van der Waals surface area contributed by atoms with Crippen molar-refractivity contribution in [3.8, 4) is 0 Å². The summed E-state index contributed by atoms with van der Waals surface area (Å²) in [5.74, 6) is -0.506. The predicted molar refractivity (Wildman–Crippen MR) is 122 cm³/mol. The van der Waals surface area contributed by atoms with Crippen LogP contribution in [0, 0.1) is 0 Å². The van der Waals surface area contributed by atoms with Crippen LogP contribution < -0.4 is 10.6 Å². The maximum absolute atomic E-state index is 12.8. The number of nitrogens with one attached hydrogen (secondary N) is 2. The number of amides is 2. The van der Waals surface area contributed by atoms with Crippen LogP contribution in [-0.2, 0) is 26.1 Å². The molecule has 1 unspecified atom stereocenters. The first-order valence-electron chi connectivity index (χ1n) is 10.8. The van der Waals surface area contributed by atoms with Gasteiger partial charge < -0.3 is 15.4 Å². The minimum absolute atomic E-state index is 0.207. The number of benzene rings is 1. The Bertz CT molecular complexity index is 1070. The van der Waals surface area contributed by atoms with Gasteiger partial charge in [0, 0.05) is 35.8 Å². The van der Waals surface area contributed by atoms with Crippen LogP contribution in [0.4, 0.5) is 5.69 Å². The van der Waals surface area contributed by atoms with Crippen molar-refractivity contribution < 1.29 is 22.7 Å². The van der Waals surface area contributed by atoms with Gasteiger partial charge in [-0.1, -0.05) is 12.5 Å². The number of carbonyl (C=O) groups excluding carboxylic acids is 2. The van der Waals surface area contributed by atoms with Crippen molar-refractivity contribution in [3.05, 3.63) is 46.8 Å².